The maximum atomic E-state index is 12.7. The van der Waals surface area contributed by atoms with Crippen molar-refractivity contribution in [3.63, 3.8) is 0 Å². The lowest BCUT2D eigenvalue weighted by atomic mass is 10.1. The number of carbonyl (C=O) groups is 1. The number of ether oxygens (including phenoxy) is 1. The molecule has 0 atom stereocenters. The molecule has 2 aliphatic heterocycles. The van der Waals surface area contributed by atoms with Gasteiger partial charge in [0.25, 0.3) is 11.6 Å². The Bertz CT molecular complexity index is 640. The van der Waals surface area contributed by atoms with E-state index in [0.717, 1.165) is 25.3 Å². The molecule has 1 aromatic carbocycles. The molecule has 0 saturated carbocycles. The van der Waals surface area contributed by atoms with Crippen molar-refractivity contribution >= 4 is 17.3 Å². The number of rotatable bonds is 6. The minimum Gasteiger partial charge on any atom is -0.378 e. The van der Waals surface area contributed by atoms with Crippen LogP contribution in [0.2, 0.25) is 0 Å². The summed E-state index contributed by atoms with van der Waals surface area (Å²) < 4.78 is 5.36. The quantitative estimate of drug-likeness (QED) is 0.611. The number of non-ortho nitro benzene ring substituents is 1. The number of hydrogen-bond acceptors (Lipinski definition) is 6. The highest BCUT2D eigenvalue weighted by Gasteiger charge is 2.22. The fraction of sp³-hybridized carbons (Fsp3) is 0.611. The van der Waals surface area contributed by atoms with E-state index in [0.29, 0.717) is 38.4 Å². The van der Waals surface area contributed by atoms with Crippen molar-refractivity contribution in [2.24, 2.45) is 0 Å². The molecule has 8 heteroatoms. The summed E-state index contributed by atoms with van der Waals surface area (Å²) in [4.78, 5) is 27.8. The second-order valence-corrected chi connectivity index (χ2v) is 6.72. The summed E-state index contributed by atoms with van der Waals surface area (Å²) >= 11 is 0. The van der Waals surface area contributed by atoms with Crippen molar-refractivity contribution in [1.82, 2.24) is 10.2 Å². The number of hydrogen-bond donors (Lipinski definition) is 1. The minimum absolute atomic E-state index is 0.0665. The van der Waals surface area contributed by atoms with Gasteiger partial charge in [0.15, 0.2) is 0 Å². The molecule has 1 amide bonds. The van der Waals surface area contributed by atoms with E-state index >= 15 is 0 Å². The molecule has 0 bridgehead atoms. The third kappa shape index (κ3) is 4.70. The van der Waals surface area contributed by atoms with Crippen LogP contribution in [-0.2, 0) is 4.74 Å². The molecule has 1 N–H and O–H groups in total. The lowest BCUT2D eigenvalue weighted by Crippen LogP contribution is -2.39. The second-order valence-electron chi connectivity index (χ2n) is 6.72. The zero-order chi connectivity index (χ0) is 18.4. The van der Waals surface area contributed by atoms with E-state index in [1.165, 1.54) is 31.4 Å². The van der Waals surface area contributed by atoms with Crippen molar-refractivity contribution in [2.75, 3.05) is 57.4 Å². The van der Waals surface area contributed by atoms with Crippen molar-refractivity contribution in [1.29, 1.82) is 0 Å². The number of amides is 1. The topological polar surface area (TPSA) is 88.0 Å². The molecule has 0 aromatic heterocycles. The van der Waals surface area contributed by atoms with Crippen LogP contribution in [0.25, 0.3) is 0 Å². The van der Waals surface area contributed by atoms with Gasteiger partial charge in [-0.2, -0.15) is 0 Å². The fourth-order valence-corrected chi connectivity index (χ4v) is 3.51. The summed E-state index contributed by atoms with van der Waals surface area (Å²) in [6, 6.07) is 4.50. The Hall–Kier alpha value is -2.19. The highest BCUT2D eigenvalue weighted by atomic mass is 16.6. The van der Waals surface area contributed by atoms with Crippen molar-refractivity contribution in [3.05, 3.63) is 33.9 Å². The summed E-state index contributed by atoms with van der Waals surface area (Å²) in [5, 5.41) is 14.0. The zero-order valence-corrected chi connectivity index (χ0v) is 15.0. The van der Waals surface area contributed by atoms with E-state index < -0.39 is 4.92 Å². The first-order valence-corrected chi connectivity index (χ1v) is 9.27. The van der Waals surface area contributed by atoms with Crippen LogP contribution in [0.4, 0.5) is 11.4 Å². The Morgan fingerprint density at radius 3 is 2.58 bits per heavy atom. The summed E-state index contributed by atoms with van der Waals surface area (Å²) in [5.74, 6) is -0.257. The van der Waals surface area contributed by atoms with Gasteiger partial charge >= 0.3 is 0 Å². The smallest absolute Gasteiger partial charge is 0.270 e. The highest BCUT2D eigenvalue weighted by Crippen LogP contribution is 2.26. The molecule has 26 heavy (non-hydrogen) atoms. The Labute approximate surface area is 153 Å². The van der Waals surface area contributed by atoms with Gasteiger partial charge in [0.1, 0.15) is 0 Å². The number of nitro groups is 1. The summed E-state index contributed by atoms with van der Waals surface area (Å²) in [6.45, 7) is 6.03. The third-order valence-electron chi connectivity index (χ3n) is 4.95. The zero-order valence-electron chi connectivity index (χ0n) is 15.0. The minimum atomic E-state index is -0.465. The molecule has 8 nitrogen and oxygen atoms in total. The van der Waals surface area contributed by atoms with E-state index in [2.05, 4.69) is 10.2 Å². The predicted molar refractivity (Wildman–Crippen MR) is 98.8 cm³/mol. The molecule has 3 rings (SSSR count). The van der Waals surface area contributed by atoms with Gasteiger partial charge in [0, 0.05) is 38.3 Å². The average Bonchev–Trinajstić information content (AvgIpc) is 2.69. The van der Waals surface area contributed by atoms with Crippen LogP contribution in [0.1, 0.15) is 29.6 Å². The van der Waals surface area contributed by atoms with Crippen LogP contribution < -0.4 is 10.2 Å². The molecule has 2 saturated heterocycles. The number of likely N-dealkylation sites (tertiary alicyclic amines) is 1. The molecular formula is C18H26N4O4. The predicted octanol–water partition coefficient (Wildman–Crippen LogP) is 1.65. The lowest BCUT2D eigenvalue weighted by molar-refractivity contribution is -0.384. The maximum absolute atomic E-state index is 12.7. The lowest BCUT2D eigenvalue weighted by Gasteiger charge is -2.30. The molecule has 1 aromatic rings. The fourth-order valence-electron chi connectivity index (χ4n) is 3.51. The number of piperidine rings is 1. The first kappa shape index (κ1) is 18.6. The molecule has 0 unspecified atom stereocenters. The van der Waals surface area contributed by atoms with Crippen LogP contribution >= 0.6 is 0 Å². The van der Waals surface area contributed by atoms with Crippen LogP contribution in [0.15, 0.2) is 18.2 Å². The number of anilines is 1. The normalized spacial score (nSPS) is 18.5. The molecule has 2 heterocycles. The average molecular weight is 362 g/mol. The number of benzene rings is 1. The Balaban J connectivity index is 1.69. The number of nitrogens with one attached hydrogen (secondary N) is 1. The summed E-state index contributed by atoms with van der Waals surface area (Å²) in [5.41, 5.74) is 1.03. The standard InChI is InChI=1S/C18H26N4O4/c23-18(19-6-9-20-7-2-1-3-8-20)16-14-15(22(24)25)4-5-17(16)21-10-12-26-13-11-21/h4-5,14H,1-3,6-13H2,(H,19,23). The summed E-state index contributed by atoms with van der Waals surface area (Å²) in [6.07, 6.45) is 3.69. The molecule has 2 aliphatic rings. The van der Waals surface area contributed by atoms with Crippen LogP contribution in [0, 0.1) is 10.1 Å². The number of morpholine rings is 1. The van der Waals surface area contributed by atoms with Crippen molar-refractivity contribution in [3.8, 4) is 0 Å². The Kier molecular flexibility index (Phi) is 6.40. The molecule has 2 fully saturated rings. The SMILES string of the molecule is O=C(NCCN1CCCCC1)c1cc([N+](=O)[O-])ccc1N1CCOCC1. The largest absolute Gasteiger partial charge is 0.378 e. The van der Waals surface area contributed by atoms with E-state index in [1.807, 2.05) is 4.90 Å². The maximum Gasteiger partial charge on any atom is 0.270 e. The molecular weight excluding hydrogens is 336 g/mol. The Morgan fingerprint density at radius 2 is 1.88 bits per heavy atom. The van der Waals surface area contributed by atoms with E-state index in [9.17, 15) is 14.9 Å². The van der Waals surface area contributed by atoms with Crippen LogP contribution in [0.5, 0.6) is 0 Å². The third-order valence-corrected chi connectivity index (χ3v) is 4.95. The summed E-state index contributed by atoms with van der Waals surface area (Å²) in [7, 11) is 0. The van der Waals surface area contributed by atoms with Gasteiger partial charge in [0.2, 0.25) is 0 Å². The van der Waals surface area contributed by atoms with Gasteiger partial charge < -0.3 is 19.9 Å². The number of carbonyl (C=O) groups excluding carboxylic acids is 1. The van der Waals surface area contributed by atoms with Gasteiger partial charge in [-0.3, -0.25) is 14.9 Å². The first-order chi connectivity index (χ1) is 12.6. The second kappa shape index (κ2) is 8.95. The van der Waals surface area contributed by atoms with Crippen molar-refractivity contribution < 1.29 is 14.5 Å². The highest BCUT2D eigenvalue weighted by molar-refractivity contribution is 6.00. The van der Waals surface area contributed by atoms with Gasteiger partial charge in [-0.1, -0.05) is 6.42 Å². The molecule has 0 radical (unpaired) electrons. The molecule has 142 valence electrons. The van der Waals surface area contributed by atoms with E-state index in [1.54, 1.807) is 6.07 Å². The van der Waals surface area contributed by atoms with E-state index in [4.69, 9.17) is 4.74 Å². The van der Waals surface area contributed by atoms with Crippen LogP contribution in [0.3, 0.4) is 0 Å². The Morgan fingerprint density at radius 1 is 1.15 bits per heavy atom. The van der Waals surface area contributed by atoms with Crippen LogP contribution in [-0.4, -0.2) is 68.2 Å². The number of nitro benzene ring substituents is 1. The van der Waals surface area contributed by atoms with Gasteiger partial charge in [-0.15, -0.1) is 0 Å². The first-order valence-electron chi connectivity index (χ1n) is 9.27. The van der Waals surface area contributed by atoms with E-state index in [-0.39, 0.29) is 11.6 Å². The molecule has 0 aliphatic carbocycles. The van der Waals surface area contributed by atoms with Gasteiger partial charge in [-0.05, 0) is 32.0 Å². The monoisotopic (exact) mass is 362 g/mol. The van der Waals surface area contributed by atoms with Gasteiger partial charge in [-0.25, -0.2) is 0 Å². The van der Waals surface area contributed by atoms with Gasteiger partial charge in [0.05, 0.1) is 29.4 Å². The molecule has 0 spiro atoms. The number of nitrogens with zero attached hydrogens (tertiary/aromatic N) is 3. The van der Waals surface area contributed by atoms with Crippen molar-refractivity contribution in [2.45, 2.75) is 19.3 Å².